The van der Waals surface area contributed by atoms with Crippen LogP contribution in [0, 0.1) is 0 Å². The maximum Gasteiger partial charge on any atom is 0.262 e. The SMILES string of the molecule is CC(Sc1nc2ccccc2c(=O)n1CCCc1ccccc1)C(=O)NCc1ccccc1. The van der Waals surface area contributed by atoms with Gasteiger partial charge in [0.15, 0.2) is 5.16 Å². The lowest BCUT2D eigenvalue weighted by molar-refractivity contribution is -0.120. The second-order valence-electron chi connectivity index (χ2n) is 7.92. The minimum Gasteiger partial charge on any atom is -0.351 e. The summed E-state index contributed by atoms with van der Waals surface area (Å²) in [6.07, 6.45) is 1.68. The number of thioether (sulfide) groups is 1. The van der Waals surface area contributed by atoms with Crippen molar-refractivity contribution < 1.29 is 4.79 Å². The molecule has 33 heavy (non-hydrogen) atoms. The van der Waals surface area contributed by atoms with Gasteiger partial charge in [0.1, 0.15) is 0 Å². The van der Waals surface area contributed by atoms with Crippen molar-refractivity contribution in [2.24, 2.45) is 0 Å². The summed E-state index contributed by atoms with van der Waals surface area (Å²) in [5.74, 6) is -0.0814. The van der Waals surface area contributed by atoms with Gasteiger partial charge in [0.25, 0.3) is 5.56 Å². The lowest BCUT2D eigenvalue weighted by Gasteiger charge is -2.16. The van der Waals surface area contributed by atoms with Gasteiger partial charge in [-0.1, -0.05) is 84.6 Å². The second-order valence-corrected chi connectivity index (χ2v) is 9.23. The van der Waals surface area contributed by atoms with Crippen LogP contribution in [-0.4, -0.2) is 20.7 Å². The number of nitrogens with one attached hydrogen (secondary N) is 1. The third-order valence-corrected chi connectivity index (χ3v) is 6.57. The molecule has 0 fully saturated rings. The molecule has 3 aromatic carbocycles. The zero-order valence-electron chi connectivity index (χ0n) is 18.6. The van der Waals surface area contributed by atoms with Crippen molar-refractivity contribution in [2.75, 3.05) is 0 Å². The Morgan fingerprint density at radius 3 is 2.30 bits per heavy atom. The van der Waals surface area contributed by atoms with Crippen molar-refractivity contribution in [3.63, 3.8) is 0 Å². The third-order valence-electron chi connectivity index (χ3n) is 5.48. The molecule has 1 heterocycles. The van der Waals surface area contributed by atoms with Crippen LogP contribution in [0.5, 0.6) is 0 Å². The summed E-state index contributed by atoms with van der Waals surface area (Å²) in [7, 11) is 0. The highest BCUT2D eigenvalue weighted by molar-refractivity contribution is 8.00. The van der Waals surface area contributed by atoms with E-state index in [0.717, 1.165) is 18.4 Å². The van der Waals surface area contributed by atoms with E-state index in [-0.39, 0.29) is 16.7 Å². The van der Waals surface area contributed by atoms with Crippen molar-refractivity contribution in [1.82, 2.24) is 14.9 Å². The van der Waals surface area contributed by atoms with Crippen LogP contribution in [0.4, 0.5) is 0 Å². The second kappa shape index (κ2) is 11.0. The number of aryl methyl sites for hydroxylation is 1. The van der Waals surface area contributed by atoms with Gasteiger partial charge in [0.05, 0.1) is 16.2 Å². The molecule has 4 rings (SSSR count). The number of carbonyl (C=O) groups is 1. The highest BCUT2D eigenvalue weighted by atomic mass is 32.2. The largest absolute Gasteiger partial charge is 0.351 e. The van der Waals surface area contributed by atoms with E-state index in [2.05, 4.69) is 17.4 Å². The van der Waals surface area contributed by atoms with E-state index in [1.54, 1.807) is 4.57 Å². The van der Waals surface area contributed by atoms with Crippen molar-refractivity contribution in [3.8, 4) is 0 Å². The van der Waals surface area contributed by atoms with Gasteiger partial charge in [-0.15, -0.1) is 0 Å². The molecule has 0 aliphatic rings. The van der Waals surface area contributed by atoms with Gasteiger partial charge in [-0.25, -0.2) is 4.98 Å². The highest BCUT2D eigenvalue weighted by Gasteiger charge is 2.19. The van der Waals surface area contributed by atoms with E-state index in [4.69, 9.17) is 4.98 Å². The lowest BCUT2D eigenvalue weighted by Crippen LogP contribution is -2.31. The van der Waals surface area contributed by atoms with Gasteiger partial charge < -0.3 is 5.32 Å². The smallest absolute Gasteiger partial charge is 0.262 e. The molecule has 1 unspecified atom stereocenters. The van der Waals surface area contributed by atoms with Gasteiger partial charge in [-0.3, -0.25) is 14.2 Å². The summed E-state index contributed by atoms with van der Waals surface area (Å²) in [4.78, 5) is 30.7. The normalized spacial score (nSPS) is 11.9. The Kier molecular flexibility index (Phi) is 7.58. The summed E-state index contributed by atoms with van der Waals surface area (Å²) in [5.41, 5.74) is 2.88. The predicted octanol–water partition coefficient (Wildman–Crippen LogP) is 4.83. The van der Waals surface area contributed by atoms with Gasteiger partial charge in [0, 0.05) is 13.1 Å². The van der Waals surface area contributed by atoms with E-state index in [1.807, 2.05) is 79.7 Å². The summed E-state index contributed by atoms with van der Waals surface area (Å²) in [6, 6.07) is 27.4. The highest BCUT2D eigenvalue weighted by Crippen LogP contribution is 2.23. The molecule has 0 saturated heterocycles. The Balaban J connectivity index is 1.51. The minimum atomic E-state index is -0.387. The number of hydrogen-bond donors (Lipinski definition) is 1. The van der Waals surface area contributed by atoms with Gasteiger partial charge in [-0.2, -0.15) is 0 Å². The number of aromatic nitrogens is 2. The summed E-state index contributed by atoms with van der Waals surface area (Å²) < 4.78 is 1.72. The Morgan fingerprint density at radius 2 is 1.58 bits per heavy atom. The number of amides is 1. The van der Waals surface area contributed by atoms with Crippen LogP contribution >= 0.6 is 11.8 Å². The van der Waals surface area contributed by atoms with Crippen molar-refractivity contribution >= 4 is 28.6 Å². The fraction of sp³-hybridized carbons (Fsp3) is 0.222. The van der Waals surface area contributed by atoms with E-state index >= 15 is 0 Å². The first-order chi connectivity index (χ1) is 16.1. The molecule has 0 bridgehead atoms. The van der Waals surface area contributed by atoms with Crippen LogP contribution in [0.3, 0.4) is 0 Å². The van der Waals surface area contributed by atoms with Crippen LogP contribution in [0.25, 0.3) is 10.9 Å². The monoisotopic (exact) mass is 457 g/mol. The number of nitrogens with zero attached hydrogens (tertiary/aromatic N) is 2. The minimum absolute atomic E-state index is 0.0620. The zero-order chi connectivity index (χ0) is 23.0. The third kappa shape index (κ3) is 5.90. The molecule has 168 valence electrons. The Bertz CT molecular complexity index is 1270. The van der Waals surface area contributed by atoms with Crippen LogP contribution in [0.1, 0.15) is 24.5 Å². The first-order valence-corrected chi connectivity index (χ1v) is 12.0. The molecule has 0 spiro atoms. The fourth-order valence-corrected chi connectivity index (χ4v) is 4.62. The quantitative estimate of drug-likeness (QED) is 0.289. The van der Waals surface area contributed by atoms with Crippen LogP contribution < -0.4 is 10.9 Å². The molecule has 0 radical (unpaired) electrons. The number of para-hydroxylation sites is 1. The van der Waals surface area contributed by atoms with Crippen molar-refractivity contribution in [1.29, 1.82) is 0 Å². The Morgan fingerprint density at radius 1 is 0.939 bits per heavy atom. The van der Waals surface area contributed by atoms with Crippen LogP contribution in [0.2, 0.25) is 0 Å². The van der Waals surface area contributed by atoms with E-state index < -0.39 is 0 Å². The Labute approximate surface area is 197 Å². The molecule has 0 aliphatic carbocycles. The summed E-state index contributed by atoms with van der Waals surface area (Å²) in [6.45, 7) is 2.87. The number of fused-ring (bicyclic) bond motifs is 1. The molecule has 6 heteroatoms. The van der Waals surface area contributed by atoms with Gasteiger partial charge >= 0.3 is 0 Å². The molecule has 1 N–H and O–H groups in total. The Hall–Kier alpha value is -3.38. The van der Waals surface area contributed by atoms with E-state index in [9.17, 15) is 9.59 Å². The molecule has 1 atom stereocenters. The van der Waals surface area contributed by atoms with E-state index in [1.165, 1.54) is 17.3 Å². The maximum atomic E-state index is 13.3. The molecule has 1 aromatic heterocycles. The first-order valence-electron chi connectivity index (χ1n) is 11.1. The molecule has 1 amide bonds. The lowest BCUT2D eigenvalue weighted by atomic mass is 10.1. The van der Waals surface area contributed by atoms with Crippen molar-refractivity contribution in [2.45, 2.75) is 43.3 Å². The van der Waals surface area contributed by atoms with Gasteiger partial charge in [-0.05, 0) is 43.0 Å². The number of carbonyl (C=O) groups excluding carboxylic acids is 1. The molecule has 4 aromatic rings. The molecule has 5 nitrogen and oxygen atoms in total. The molecular formula is C27H27N3O2S. The topological polar surface area (TPSA) is 64.0 Å². The molecule has 0 aliphatic heterocycles. The van der Waals surface area contributed by atoms with Crippen LogP contribution in [-0.2, 0) is 24.3 Å². The van der Waals surface area contributed by atoms with Crippen molar-refractivity contribution in [3.05, 3.63) is 106 Å². The molecule has 0 saturated carbocycles. The first kappa shape index (κ1) is 22.8. The van der Waals surface area contributed by atoms with Gasteiger partial charge in [0.2, 0.25) is 5.91 Å². The number of hydrogen-bond acceptors (Lipinski definition) is 4. The summed E-state index contributed by atoms with van der Waals surface area (Å²) in [5, 5.41) is 3.77. The van der Waals surface area contributed by atoms with E-state index in [0.29, 0.717) is 29.1 Å². The predicted molar refractivity (Wildman–Crippen MR) is 134 cm³/mol. The average Bonchev–Trinajstić information content (AvgIpc) is 2.85. The summed E-state index contributed by atoms with van der Waals surface area (Å²) >= 11 is 1.33. The average molecular weight is 458 g/mol. The zero-order valence-corrected chi connectivity index (χ0v) is 19.4. The number of rotatable bonds is 9. The number of benzene rings is 3. The molecular weight excluding hydrogens is 430 g/mol. The van der Waals surface area contributed by atoms with Crippen LogP contribution in [0.15, 0.2) is 94.9 Å². The standard InChI is InChI=1S/C27H27N3O2S/c1-20(25(31)28-19-22-13-6-3-7-14-22)33-27-29-24-17-9-8-16-23(24)26(32)30(27)18-10-15-21-11-4-2-5-12-21/h2-9,11-14,16-17,20H,10,15,18-19H2,1H3,(H,28,31). The fourth-order valence-electron chi connectivity index (χ4n) is 3.66. The maximum absolute atomic E-state index is 13.3.